The van der Waals surface area contributed by atoms with Gasteiger partial charge in [0.15, 0.2) is 5.76 Å². The maximum absolute atomic E-state index is 11.7. The minimum Gasteiger partial charge on any atom is -0.454 e. The van der Waals surface area contributed by atoms with Gasteiger partial charge in [0.2, 0.25) is 6.79 Å². The molecular weight excluding hydrogens is 402 g/mol. The van der Waals surface area contributed by atoms with E-state index in [-0.39, 0.29) is 29.5 Å². The highest BCUT2D eigenvalue weighted by molar-refractivity contribution is 6.33. The second-order valence-corrected chi connectivity index (χ2v) is 8.42. The molecule has 0 unspecified atom stereocenters. The van der Waals surface area contributed by atoms with Crippen molar-refractivity contribution in [3.05, 3.63) is 51.8 Å². The van der Waals surface area contributed by atoms with Crippen molar-refractivity contribution in [1.29, 1.82) is 5.26 Å². The number of allylic oxidation sites excluding steroid dienone is 1. The number of nitriles is 1. The van der Waals surface area contributed by atoms with E-state index in [0.29, 0.717) is 34.8 Å². The van der Waals surface area contributed by atoms with E-state index < -0.39 is 0 Å². The second kappa shape index (κ2) is 9.82. The Bertz CT molecular complexity index is 977. The number of aryl methyl sites for hydroxylation is 2. The lowest BCUT2D eigenvalue weighted by atomic mass is 9.86. The molecule has 0 saturated carbocycles. The molecule has 0 radical (unpaired) electrons. The van der Waals surface area contributed by atoms with Crippen molar-refractivity contribution in [2.45, 2.75) is 52.9 Å². The van der Waals surface area contributed by atoms with Crippen molar-refractivity contribution >= 4 is 28.9 Å². The summed E-state index contributed by atoms with van der Waals surface area (Å²) in [5, 5.41) is 14.6. The van der Waals surface area contributed by atoms with Crippen molar-refractivity contribution < 1.29 is 14.3 Å². The van der Waals surface area contributed by atoms with Crippen LogP contribution < -0.4 is 0 Å². The normalized spacial score (nSPS) is 12.2. The third-order valence-electron chi connectivity index (χ3n) is 4.62. The summed E-state index contributed by atoms with van der Waals surface area (Å²) in [5.74, 6) is -0.143. The number of carbonyl (C=O) groups is 1. The Balaban J connectivity index is 2.52. The van der Waals surface area contributed by atoms with E-state index >= 15 is 0 Å². The van der Waals surface area contributed by atoms with E-state index in [4.69, 9.17) is 21.1 Å². The van der Waals surface area contributed by atoms with Crippen LogP contribution in [0.15, 0.2) is 24.3 Å². The number of rotatable bonds is 7. The van der Waals surface area contributed by atoms with E-state index in [1.54, 1.807) is 18.7 Å². The van der Waals surface area contributed by atoms with Crippen LogP contribution in [0.5, 0.6) is 0 Å². The molecule has 0 aliphatic carbocycles. The SMILES string of the molecule is CCCC(=O)OCO/C(=C(/C#N)c1ccc(C(C)(C)C)cc1)c1c(Cl)c(C)nn1C. The molecule has 0 spiro atoms. The predicted octanol–water partition coefficient (Wildman–Crippen LogP) is 5.39. The molecule has 0 atom stereocenters. The van der Waals surface area contributed by atoms with E-state index in [9.17, 15) is 10.1 Å². The molecule has 0 saturated heterocycles. The minimum absolute atomic E-state index is 0.00960. The Hall–Kier alpha value is -2.78. The first-order valence-corrected chi connectivity index (χ1v) is 10.2. The summed E-state index contributed by atoms with van der Waals surface area (Å²) in [4.78, 5) is 11.7. The number of ether oxygens (including phenoxy) is 2. The molecule has 0 aliphatic heterocycles. The standard InChI is InChI=1S/C23H28ClN3O3/c1-7-8-19(28)29-14-30-22(21-20(24)15(2)26-27(21)6)18(13-25)16-9-11-17(12-10-16)23(3,4)5/h9-12H,7-8,14H2,1-6H3/b22-18-. The highest BCUT2D eigenvalue weighted by Crippen LogP contribution is 2.34. The molecule has 160 valence electrons. The Labute approximate surface area is 183 Å². The first-order chi connectivity index (χ1) is 14.1. The monoisotopic (exact) mass is 429 g/mol. The van der Waals surface area contributed by atoms with Crippen LogP contribution in [0.1, 0.15) is 63.1 Å². The van der Waals surface area contributed by atoms with Crippen LogP contribution in [0.25, 0.3) is 11.3 Å². The number of benzene rings is 1. The van der Waals surface area contributed by atoms with Crippen LogP contribution in [0.3, 0.4) is 0 Å². The van der Waals surface area contributed by atoms with Crippen LogP contribution in [0.4, 0.5) is 0 Å². The molecule has 1 aromatic carbocycles. The Morgan fingerprint density at radius 3 is 2.33 bits per heavy atom. The summed E-state index contributed by atoms with van der Waals surface area (Å²) >= 11 is 6.46. The lowest BCUT2D eigenvalue weighted by molar-refractivity contribution is -0.151. The van der Waals surface area contributed by atoms with Gasteiger partial charge in [-0.05, 0) is 29.9 Å². The maximum atomic E-state index is 11.7. The van der Waals surface area contributed by atoms with Crippen molar-refractivity contribution in [3.8, 4) is 6.07 Å². The third kappa shape index (κ3) is 5.43. The van der Waals surface area contributed by atoms with E-state index in [1.807, 2.05) is 31.2 Å². The Morgan fingerprint density at radius 2 is 1.87 bits per heavy atom. The molecule has 1 aromatic heterocycles. The van der Waals surface area contributed by atoms with Crippen LogP contribution in [0, 0.1) is 18.3 Å². The van der Waals surface area contributed by atoms with Crippen molar-refractivity contribution in [2.24, 2.45) is 7.05 Å². The zero-order chi connectivity index (χ0) is 22.5. The molecule has 0 N–H and O–H groups in total. The summed E-state index contributed by atoms with van der Waals surface area (Å²) in [7, 11) is 1.72. The van der Waals surface area contributed by atoms with Crippen LogP contribution in [-0.4, -0.2) is 22.5 Å². The Kier molecular flexibility index (Phi) is 7.69. The number of halogens is 1. The first kappa shape index (κ1) is 23.5. The number of hydrogen-bond donors (Lipinski definition) is 0. The van der Waals surface area contributed by atoms with Crippen LogP contribution in [0.2, 0.25) is 5.02 Å². The maximum Gasteiger partial charge on any atom is 0.308 e. The van der Waals surface area contributed by atoms with Gasteiger partial charge in [0.25, 0.3) is 0 Å². The molecule has 0 aliphatic rings. The molecule has 7 heteroatoms. The van der Waals surface area contributed by atoms with Crippen LogP contribution >= 0.6 is 11.6 Å². The van der Waals surface area contributed by atoms with Gasteiger partial charge < -0.3 is 9.47 Å². The van der Waals surface area contributed by atoms with E-state index in [2.05, 4.69) is 31.9 Å². The fourth-order valence-electron chi connectivity index (χ4n) is 2.95. The molecule has 6 nitrogen and oxygen atoms in total. The zero-order valence-electron chi connectivity index (χ0n) is 18.4. The van der Waals surface area contributed by atoms with E-state index in [0.717, 1.165) is 5.56 Å². The fourth-order valence-corrected chi connectivity index (χ4v) is 3.20. The molecule has 2 rings (SSSR count). The average molecular weight is 430 g/mol. The van der Waals surface area contributed by atoms with Crippen molar-refractivity contribution in [1.82, 2.24) is 9.78 Å². The highest BCUT2D eigenvalue weighted by Gasteiger charge is 2.23. The van der Waals surface area contributed by atoms with Gasteiger partial charge >= 0.3 is 5.97 Å². The second-order valence-electron chi connectivity index (χ2n) is 8.04. The van der Waals surface area contributed by atoms with Gasteiger partial charge in [0.1, 0.15) is 17.3 Å². The smallest absolute Gasteiger partial charge is 0.308 e. The van der Waals surface area contributed by atoms with Gasteiger partial charge in [-0.1, -0.05) is 63.6 Å². The molecule has 30 heavy (non-hydrogen) atoms. The average Bonchev–Trinajstić information content (AvgIpc) is 2.93. The van der Waals surface area contributed by atoms with Crippen molar-refractivity contribution in [2.75, 3.05) is 6.79 Å². The predicted molar refractivity (Wildman–Crippen MR) is 117 cm³/mol. The zero-order valence-corrected chi connectivity index (χ0v) is 19.1. The molecular formula is C23H28ClN3O3. The number of nitrogens with zero attached hydrogens (tertiary/aromatic N) is 3. The lowest BCUT2D eigenvalue weighted by Gasteiger charge is -2.19. The van der Waals surface area contributed by atoms with Gasteiger partial charge in [0, 0.05) is 13.5 Å². The van der Waals surface area contributed by atoms with Gasteiger partial charge in [-0.2, -0.15) is 10.4 Å². The summed E-state index contributed by atoms with van der Waals surface area (Å²) in [6, 6.07) is 9.95. The van der Waals surface area contributed by atoms with Crippen molar-refractivity contribution in [3.63, 3.8) is 0 Å². The molecule has 0 fully saturated rings. The van der Waals surface area contributed by atoms with Gasteiger partial charge in [-0.3, -0.25) is 9.48 Å². The lowest BCUT2D eigenvalue weighted by Crippen LogP contribution is -2.11. The molecule has 0 amide bonds. The number of carbonyl (C=O) groups excluding carboxylic acids is 1. The molecule has 1 heterocycles. The van der Waals surface area contributed by atoms with Crippen LogP contribution in [-0.2, 0) is 26.7 Å². The van der Waals surface area contributed by atoms with Gasteiger partial charge in [-0.15, -0.1) is 0 Å². The summed E-state index contributed by atoms with van der Waals surface area (Å²) in [6.07, 6.45) is 0.977. The summed E-state index contributed by atoms with van der Waals surface area (Å²) < 4.78 is 12.5. The largest absolute Gasteiger partial charge is 0.454 e. The summed E-state index contributed by atoms with van der Waals surface area (Å²) in [6.45, 7) is 9.72. The molecule has 0 bridgehead atoms. The number of esters is 1. The summed E-state index contributed by atoms with van der Waals surface area (Å²) in [5.41, 5.74) is 3.16. The number of aromatic nitrogens is 2. The highest BCUT2D eigenvalue weighted by atomic mass is 35.5. The van der Waals surface area contributed by atoms with Gasteiger partial charge in [-0.25, -0.2) is 0 Å². The van der Waals surface area contributed by atoms with E-state index in [1.165, 1.54) is 0 Å². The quantitative estimate of drug-likeness (QED) is 0.255. The van der Waals surface area contributed by atoms with Gasteiger partial charge in [0.05, 0.1) is 10.7 Å². The molecule has 2 aromatic rings. The first-order valence-electron chi connectivity index (χ1n) is 9.83. The topological polar surface area (TPSA) is 77.1 Å². The number of hydrogen-bond acceptors (Lipinski definition) is 5. The minimum atomic E-state index is -0.364. The third-order valence-corrected chi connectivity index (χ3v) is 5.07. The Morgan fingerprint density at radius 1 is 1.23 bits per heavy atom. The fraction of sp³-hybridized carbons (Fsp3) is 0.435.